The molecular formula is C13H22BrN3O3. The molecule has 1 rings (SSSR count). The predicted octanol–water partition coefficient (Wildman–Crippen LogP) is 2.49. The van der Waals surface area contributed by atoms with Gasteiger partial charge >= 0.3 is 0 Å². The molecule has 1 aromatic rings. The molecule has 0 bridgehead atoms. The second kappa shape index (κ2) is 10.8. The zero-order valence-electron chi connectivity index (χ0n) is 12.0. The summed E-state index contributed by atoms with van der Waals surface area (Å²) in [7, 11) is 1.66. The molecule has 1 N–H and O–H groups in total. The molecular weight excluding hydrogens is 326 g/mol. The molecule has 0 atom stereocenters. The minimum atomic E-state index is 0.551. The van der Waals surface area contributed by atoms with E-state index in [-0.39, 0.29) is 0 Å². The summed E-state index contributed by atoms with van der Waals surface area (Å²) in [5.41, 5.74) is 0. The molecule has 1 heterocycles. The van der Waals surface area contributed by atoms with Crippen molar-refractivity contribution >= 4 is 21.7 Å². The summed E-state index contributed by atoms with van der Waals surface area (Å²) in [6, 6.07) is 0. The molecule has 0 aliphatic carbocycles. The van der Waals surface area contributed by atoms with Gasteiger partial charge in [-0.2, -0.15) is 0 Å². The van der Waals surface area contributed by atoms with E-state index in [0.717, 1.165) is 29.7 Å². The summed E-state index contributed by atoms with van der Waals surface area (Å²) in [5, 5.41) is 3.21. The monoisotopic (exact) mass is 347 g/mol. The molecule has 20 heavy (non-hydrogen) atoms. The van der Waals surface area contributed by atoms with E-state index < -0.39 is 0 Å². The number of nitrogens with zero attached hydrogens (tertiary/aromatic N) is 2. The lowest BCUT2D eigenvalue weighted by Gasteiger charge is -2.10. The lowest BCUT2D eigenvalue weighted by atomic mass is 10.4. The summed E-state index contributed by atoms with van der Waals surface area (Å²) in [6.45, 7) is 5.39. The normalized spacial score (nSPS) is 10.6. The maximum atomic E-state index is 5.61. The highest BCUT2D eigenvalue weighted by Crippen LogP contribution is 2.28. The van der Waals surface area contributed by atoms with Gasteiger partial charge in [0.25, 0.3) is 0 Å². The SMILES string of the molecule is CCCNc1ncnc(OCCCOCCOC)c1Br. The van der Waals surface area contributed by atoms with Crippen molar-refractivity contribution in [3.05, 3.63) is 10.8 Å². The molecule has 0 saturated carbocycles. The fourth-order valence-corrected chi connectivity index (χ4v) is 1.85. The van der Waals surface area contributed by atoms with Gasteiger partial charge in [0, 0.05) is 26.7 Å². The first-order chi connectivity index (χ1) is 9.79. The van der Waals surface area contributed by atoms with Crippen LogP contribution < -0.4 is 10.1 Å². The molecule has 0 radical (unpaired) electrons. The van der Waals surface area contributed by atoms with Gasteiger partial charge in [-0.05, 0) is 22.4 Å². The molecule has 114 valence electrons. The smallest absolute Gasteiger partial charge is 0.233 e. The Labute approximate surface area is 128 Å². The lowest BCUT2D eigenvalue weighted by molar-refractivity contribution is 0.0641. The average Bonchev–Trinajstić information content (AvgIpc) is 2.46. The van der Waals surface area contributed by atoms with Crippen LogP contribution in [0.3, 0.4) is 0 Å². The van der Waals surface area contributed by atoms with Crippen molar-refractivity contribution in [1.82, 2.24) is 9.97 Å². The topological polar surface area (TPSA) is 65.5 Å². The molecule has 0 aromatic carbocycles. The van der Waals surface area contributed by atoms with Crippen molar-refractivity contribution in [2.75, 3.05) is 45.4 Å². The Kier molecular flexibility index (Phi) is 9.27. The fraction of sp³-hybridized carbons (Fsp3) is 0.692. The highest BCUT2D eigenvalue weighted by molar-refractivity contribution is 9.10. The third-order valence-corrected chi connectivity index (χ3v) is 3.12. The number of aromatic nitrogens is 2. The van der Waals surface area contributed by atoms with Gasteiger partial charge in [0.05, 0.1) is 19.8 Å². The van der Waals surface area contributed by atoms with Crippen LogP contribution >= 0.6 is 15.9 Å². The maximum Gasteiger partial charge on any atom is 0.233 e. The first-order valence-electron chi connectivity index (χ1n) is 6.73. The molecule has 0 aliphatic heterocycles. The molecule has 1 aromatic heterocycles. The van der Waals surface area contributed by atoms with Crippen LogP contribution in [0.4, 0.5) is 5.82 Å². The Balaban J connectivity index is 2.29. The summed E-state index contributed by atoms with van der Waals surface area (Å²) in [5.74, 6) is 1.31. The van der Waals surface area contributed by atoms with Crippen LogP contribution in [-0.2, 0) is 9.47 Å². The van der Waals surface area contributed by atoms with Gasteiger partial charge in [0.2, 0.25) is 5.88 Å². The molecule has 0 spiro atoms. The second-order valence-electron chi connectivity index (χ2n) is 4.08. The Hall–Kier alpha value is -0.920. The van der Waals surface area contributed by atoms with E-state index >= 15 is 0 Å². The van der Waals surface area contributed by atoms with Crippen molar-refractivity contribution in [2.24, 2.45) is 0 Å². The van der Waals surface area contributed by atoms with Crippen molar-refractivity contribution in [1.29, 1.82) is 0 Å². The average molecular weight is 348 g/mol. The quantitative estimate of drug-likeness (QED) is 0.620. The number of ether oxygens (including phenoxy) is 3. The highest BCUT2D eigenvalue weighted by atomic mass is 79.9. The molecule has 0 fully saturated rings. The number of methoxy groups -OCH3 is 1. The highest BCUT2D eigenvalue weighted by Gasteiger charge is 2.09. The molecule has 0 amide bonds. The minimum absolute atomic E-state index is 0.551. The molecule has 0 saturated heterocycles. The largest absolute Gasteiger partial charge is 0.477 e. The number of hydrogen-bond donors (Lipinski definition) is 1. The predicted molar refractivity (Wildman–Crippen MR) is 81.3 cm³/mol. The van der Waals surface area contributed by atoms with Crippen LogP contribution in [0.2, 0.25) is 0 Å². The molecule has 7 heteroatoms. The Morgan fingerprint density at radius 2 is 2.05 bits per heavy atom. The van der Waals surface area contributed by atoms with E-state index in [2.05, 4.69) is 38.1 Å². The van der Waals surface area contributed by atoms with Crippen molar-refractivity contribution in [3.63, 3.8) is 0 Å². The van der Waals surface area contributed by atoms with E-state index in [4.69, 9.17) is 14.2 Å². The number of nitrogens with one attached hydrogen (secondary N) is 1. The molecule has 0 unspecified atom stereocenters. The van der Waals surface area contributed by atoms with Crippen LogP contribution in [0.15, 0.2) is 10.8 Å². The minimum Gasteiger partial charge on any atom is -0.477 e. The van der Waals surface area contributed by atoms with Crippen molar-refractivity contribution < 1.29 is 14.2 Å². The van der Waals surface area contributed by atoms with Crippen LogP contribution in [0, 0.1) is 0 Å². The van der Waals surface area contributed by atoms with E-state index in [1.165, 1.54) is 6.33 Å². The van der Waals surface area contributed by atoms with Gasteiger partial charge in [-0.25, -0.2) is 9.97 Å². The number of rotatable bonds is 11. The van der Waals surface area contributed by atoms with Crippen LogP contribution in [0.25, 0.3) is 0 Å². The van der Waals surface area contributed by atoms with Crippen molar-refractivity contribution in [2.45, 2.75) is 19.8 Å². The van der Waals surface area contributed by atoms with Gasteiger partial charge in [-0.3, -0.25) is 0 Å². The van der Waals surface area contributed by atoms with E-state index in [9.17, 15) is 0 Å². The summed E-state index contributed by atoms with van der Waals surface area (Å²) in [6.07, 6.45) is 3.33. The van der Waals surface area contributed by atoms with Gasteiger partial charge in [0.15, 0.2) is 0 Å². The second-order valence-corrected chi connectivity index (χ2v) is 4.87. The fourth-order valence-electron chi connectivity index (χ4n) is 1.40. The number of halogens is 1. The van der Waals surface area contributed by atoms with E-state index in [0.29, 0.717) is 32.3 Å². The van der Waals surface area contributed by atoms with Gasteiger partial charge in [0.1, 0.15) is 16.6 Å². The third kappa shape index (κ3) is 6.49. The first-order valence-corrected chi connectivity index (χ1v) is 7.52. The van der Waals surface area contributed by atoms with Crippen molar-refractivity contribution in [3.8, 4) is 5.88 Å². The van der Waals surface area contributed by atoms with Crippen LogP contribution in [0.1, 0.15) is 19.8 Å². The summed E-state index contributed by atoms with van der Waals surface area (Å²) >= 11 is 3.45. The van der Waals surface area contributed by atoms with Gasteiger partial charge in [-0.1, -0.05) is 6.92 Å². The number of anilines is 1. The standard InChI is InChI=1S/C13H22BrN3O3/c1-3-5-15-12-11(14)13(17-10-16-12)20-7-4-6-19-9-8-18-2/h10H,3-9H2,1-2H3,(H,15,16,17). The third-order valence-electron chi connectivity index (χ3n) is 2.40. The Morgan fingerprint density at radius 1 is 1.20 bits per heavy atom. The molecule has 6 nitrogen and oxygen atoms in total. The maximum absolute atomic E-state index is 5.61. The van der Waals surface area contributed by atoms with Gasteiger partial charge < -0.3 is 19.5 Å². The van der Waals surface area contributed by atoms with Crippen LogP contribution in [-0.4, -0.2) is 50.1 Å². The Bertz CT molecular complexity index is 380. The first kappa shape index (κ1) is 17.1. The summed E-state index contributed by atoms with van der Waals surface area (Å²) in [4.78, 5) is 8.28. The van der Waals surface area contributed by atoms with Gasteiger partial charge in [-0.15, -0.1) is 0 Å². The zero-order valence-corrected chi connectivity index (χ0v) is 13.6. The Morgan fingerprint density at radius 3 is 2.80 bits per heavy atom. The van der Waals surface area contributed by atoms with Crippen LogP contribution in [0.5, 0.6) is 5.88 Å². The van der Waals surface area contributed by atoms with E-state index in [1.54, 1.807) is 7.11 Å². The molecule has 0 aliphatic rings. The lowest BCUT2D eigenvalue weighted by Crippen LogP contribution is -2.09. The number of hydrogen-bond acceptors (Lipinski definition) is 6. The summed E-state index contributed by atoms with van der Waals surface area (Å²) < 4.78 is 16.6. The zero-order chi connectivity index (χ0) is 14.6. The van der Waals surface area contributed by atoms with E-state index in [1.807, 2.05) is 0 Å².